The summed E-state index contributed by atoms with van der Waals surface area (Å²) in [4.78, 5) is 20.3. The molecule has 1 aromatic heterocycles. The first-order valence-corrected chi connectivity index (χ1v) is 10.9. The second-order valence-corrected chi connectivity index (χ2v) is 8.38. The predicted molar refractivity (Wildman–Crippen MR) is 134 cm³/mol. The number of aliphatic imine (C=N–C) groups is 1. The molecule has 0 aliphatic carbocycles. The molecule has 2 aromatic rings. The molecule has 2 atom stereocenters. The summed E-state index contributed by atoms with van der Waals surface area (Å²) >= 11 is 1.77. The van der Waals surface area contributed by atoms with E-state index < -0.39 is 0 Å². The summed E-state index contributed by atoms with van der Waals surface area (Å²) in [5.41, 5.74) is 1.82. The molecule has 8 heteroatoms. The molecule has 1 aromatic carbocycles. The van der Waals surface area contributed by atoms with Gasteiger partial charge < -0.3 is 20.3 Å². The minimum atomic E-state index is 0. The van der Waals surface area contributed by atoms with Crippen molar-refractivity contribution in [3.63, 3.8) is 0 Å². The molecule has 0 saturated carbocycles. The number of carbonyl (C=O) groups is 1. The summed E-state index contributed by atoms with van der Waals surface area (Å²) < 4.78 is 5.72. The van der Waals surface area contributed by atoms with Gasteiger partial charge in [-0.1, -0.05) is 18.2 Å². The van der Waals surface area contributed by atoms with E-state index in [1.165, 1.54) is 4.88 Å². The molecule has 1 aliphatic rings. The van der Waals surface area contributed by atoms with E-state index in [0.717, 1.165) is 24.5 Å². The minimum absolute atomic E-state index is 0. The van der Waals surface area contributed by atoms with Crippen LogP contribution in [0.5, 0.6) is 0 Å². The topological polar surface area (TPSA) is 66.0 Å². The summed E-state index contributed by atoms with van der Waals surface area (Å²) in [5, 5.41) is 8.75. The summed E-state index contributed by atoms with van der Waals surface area (Å²) in [6.07, 6.45) is 1.13. The van der Waals surface area contributed by atoms with Gasteiger partial charge in [-0.2, -0.15) is 0 Å². The van der Waals surface area contributed by atoms with Gasteiger partial charge in [0.05, 0.1) is 12.2 Å². The third kappa shape index (κ3) is 7.24. The van der Waals surface area contributed by atoms with Crippen LogP contribution in [0.4, 0.5) is 0 Å². The smallest absolute Gasteiger partial charge is 0.254 e. The van der Waals surface area contributed by atoms with Crippen LogP contribution in [0.2, 0.25) is 0 Å². The van der Waals surface area contributed by atoms with Crippen molar-refractivity contribution in [2.75, 3.05) is 26.7 Å². The van der Waals surface area contributed by atoms with Gasteiger partial charge in [0.15, 0.2) is 5.96 Å². The number of benzene rings is 1. The van der Waals surface area contributed by atoms with E-state index in [9.17, 15) is 4.79 Å². The highest BCUT2D eigenvalue weighted by Gasteiger charge is 2.26. The van der Waals surface area contributed by atoms with Crippen molar-refractivity contribution in [3.05, 3.63) is 57.8 Å². The third-order valence-electron chi connectivity index (χ3n) is 4.84. The van der Waals surface area contributed by atoms with Gasteiger partial charge in [-0.25, -0.2) is 0 Å². The van der Waals surface area contributed by atoms with Crippen molar-refractivity contribution in [1.82, 2.24) is 15.5 Å². The van der Waals surface area contributed by atoms with Gasteiger partial charge in [-0.3, -0.25) is 9.79 Å². The molecule has 30 heavy (non-hydrogen) atoms. The highest BCUT2D eigenvalue weighted by molar-refractivity contribution is 14.0. The fourth-order valence-electron chi connectivity index (χ4n) is 3.46. The Morgan fingerprint density at radius 1 is 1.17 bits per heavy atom. The Kier molecular flexibility index (Phi) is 10.1. The Bertz CT molecular complexity index is 801. The van der Waals surface area contributed by atoms with E-state index >= 15 is 0 Å². The van der Waals surface area contributed by atoms with E-state index in [-0.39, 0.29) is 42.1 Å². The number of thiophene rings is 1. The Morgan fingerprint density at radius 3 is 2.47 bits per heavy atom. The van der Waals surface area contributed by atoms with Crippen LogP contribution in [0, 0.1) is 0 Å². The molecule has 0 bridgehead atoms. The van der Waals surface area contributed by atoms with Gasteiger partial charge in [0.25, 0.3) is 5.91 Å². The molecule has 1 aliphatic heterocycles. The fraction of sp³-hybridized carbons (Fsp3) is 0.455. The van der Waals surface area contributed by atoms with E-state index in [4.69, 9.17) is 4.74 Å². The lowest BCUT2D eigenvalue weighted by Crippen LogP contribution is -2.48. The zero-order valence-corrected chi connectivity index (χ0v) is 20.9. The molecular formula is C22H31IN4O2S. The largest absolute Gasteiger partial charge is 0.372 e. The SMILES string of the molecule is CN=C(NCCc1cccs1)NCc1ccc(C(=O)N2CC(C)OC(C)C2)cc1.I. The second kappa shape index (κ2) is 12.3. The molecule has 2 N–H and O–H groups in total. The summed E-state index contributed by atoms with van der Waals surface area (Å²) in [5.74, 6) is 0.843. The number of amides is 1. The van der Waals surface area contributed by atoms with Gasteiger partial charge in [-0.05, 0) is 49.4 Å². The zero-order chi connectivity index (χ0) is 20.6. The van der Waals surface area contributed by atoms with Crippen LogP contribution < -0.4 is 10.6 Å². The lowest BCUT2D eigenvalue weighted by molar-refractivity contribution is -0.0586. The van der Waals surface area contributed by atoms with Gasteiger partial charge in [-0.15, -0.1) is 35.3 Å². The normalized spacial score (nSPS) is 19.2. The van der Waals surface area contributed by atoms with Crippen molar-refractivity contribution in [2.24, 2.45) is 4.99 Å². The van der Waals surface area contributed by atoms with Crippen LogP contribution in [0.1, 0.15) is 34.6 Å². The number of carbonyl (C=O) groups excluding carboxylic acids is 1. The van der Waals surface area contributed by atoms with E-state index in [1.54, 1.807) is 18.4 Å². The Balaban J connectivity index is 0.00000320. The Labute approximate surface area is 200 Å². The molecule has 2 unspecified atom stereocenters. The molecular weight excluding hydrogens is 511 g/mol. The molecule has 1 fully saturated rings. The number of nitrogens with one attached hydrogen (secondary N) is 2. The monoisotopic (exact) mass is 542 g/mol. The van der Waals surface area contributed by atoms with Crippen LogP contribution >= 0.6 is 35.3 Å². The number of halogens is 1. The van der Waals surface area contributed by atoms with Gasteiger partial charge in [0.1, 0.15) is 0 Å². The number of rotatable bonds is 6. The molecule has 1 saturated heterocycles. The van der Waals surface area contributed by atoms with Gasteiger partial charge in [0, 0.05) is 43.7 Å². The number of hydrogen-bond donors (Lipinski definition) is 2. The fourth-order valence-corrected chi connectivity index (χ4v) is 4.17. The number of ether oxygens (including phenoxy) is 1. The second-order valence-electron chi connectivity index (χ2n) is 7.35. The van der Waals surface area contributed by atoms with Crippen LogP contribution in [-0.2, 0) is 17.7 Å². The molecule has 164 valence electrons. The number of morpholine rings is 1. The molecule has 1 amide bonds. The average Bonchev–Trinajstić information content (AvgIpc) is 3.23. The highest BCUT2D eigenvalue weighted by Crippen LogP contribution is 2.15. The molecule has 0 spiro atoms. The standard InChI is InChI=1S/C22H30N4O2S.HI/c1-16-14-26(15-17(2)28-16)21(27)19-8-6-18(7-9-19)13-25-22(23-3)24-11-10-20-5-4-12-29-20;/h4-9,12,16-17H,10-11,13-15H2,1-3H3,(H2,23,24,25);1H. The van der Waals surface area contributed by atoms with Crippen LogP contribution in [-0.4, -0.2) is 55.7 Å². The van der Waals surface area contributed by atoms with E-state index in [0.29, 0.717) is 25.2 Å². The summed E-state index contributed by atoms with van der Waals surface area (Å²) in [6, 6.07) is 12.0. The molecule has 0 radical (unpaired) electrons. The maximum Gasteiger partial charge on any atom is 0.254 e. The molecule has 2 heterocycles. The van der Waals surface area contributed by atoms with E-state index in [2.05, 4.69) is 33.1 Å². The number of guanidine groups is 1. The van der Waals surface area contributed by atoms with Crippen molar-refractivity contribution < 1.29 is 9.53 Å². The van der Waals surface area contributed by atoms with Crippen LogP contribution in [0.15, 0.2) is 46.8 Å². The lowest BCUT2D eigenvalue weighted by Gasteiger charge is -2.35. The Hall–Kier alpha value is -1.65. The quantitative estimate of drug-likeness (QED) is 0.333. The zero-order valence-electron chi connectivity index (χ0n) is 17.8. The lowest BCUT2D eigenvalue weighted by atomic mass is 10.1. The first kappa shape index (κ1) is 24.6. The number of hydrogen-bond acceptors (Lipinski definition) is 4. The molecule has 6 nitrogen and oxygen atoms in total. The van der Waals surface area contributed by atoms with Crippen LogP contribution in [0.3, 0.4) is 0 Å². The van der Waals surface area contributed by atoms with Crippen molar-refractivity contribution in [1.29, 1.82) is 0 Å². The maximum atomic E-state index is 12.8. The van der Waals surface area contributed by atoms with Gasteiger partial charge in [0.2, 0.25) is 0 Å². The average molecular weight is 542 g/mol. The van der Waals surface area contributed by atoms with Crippen molar-refractivity contribution >= 4 is 47.2 Å². The minimum Gasteiger partial charge on any atom is -0.372 e. The van der Waals surface area contributed by atoms with E-state index in [1.807, 2.05) is 43.0 Å². The van der Waals surface area contributed by atoms with Crippen molar-refractivity contribution in [3.8, 4) is 0 Å². The van der Waals surface area contributed by atoms with Crippen LogP contribution in [0.25, 0.3) is 0 Å². The third-order valence-corrected chi connectivity index (χ3v) is 5.77. The predicted octanol–water partition coefficient (Wildman–Crippen LogP) is 3.52. The first-order chi connectivity index (χ1) is 14.0. The maximum absolute atomic E-state index is 12.8. The first-order valence-electron chi connectivity index (χ1n) is 10.1. The summed E-state index contributed by atoms with van der Waals surface area (Å²) in [6.45, 7) is 6.78. The Morgan fingerprint density at radius 2 is 1.87 bits per heavy atom. The van der Waals surface area contributed by atoms with Crippen molar-refractivity contribution in [2.45, 2.75) is 39.0 Å². The highest BCUT2D eigenvalue weighted by atomic mass is 127. The summed E-state index contributed by atoms with van der Waals surface area (Å²) in [7, 11) is 1.77. The van der Waals surface area contributed by atoms with Gasteiger partial charge >= 0.3 is 0 Å². The molecule has 3 rings (SSSR count). The number of nitrogens with zero attached hydrogens (tertiary/aromatic N) is 2.